The van der Waals surface area contributed by atoms with Crippen LogP contribution in [0.2, 0.25) is 0 Å². The number of carbonyl (C=O) groups is 1. The van der Waals surface area contributed by atoms with Crippen LogP contribution in [0, 0.1) is 16.7 Å². The van der Waals surface area contributed by atoms with Crippen LogP contribution in [0.15, 0.2) is 59.1 Å². The number of carbonyl (C=O) groups excluding carboxylic acids is 1. The number of hydrogen-bond acceptors (Lipinski definition) is 9. The number of aliphatic hydroxyl groups excluding tert-OH is 1. The van der Waals surface area contributed by atoms with Crippen LogP contribution >= 0.6 is 0 Å². The van der Waals surface area contributed by atoms with Gasteiger partial charge in [0.25, 0.3) is 0 Å². The molecule has 2 aromatic rings. The normalized spacial score (nSPS) is 20.9. The molecule has 3 N–H and O–H groups in total. The Bertz CT molecular complexity index is 1560. The number of nitrogens with zero attached hydrogens (tertiary/aromatic N) is 5. The summed E-state index contributed by atoms with van der Waals surface area (Å²) in [4.78, 5) is 23.0. The Morgan fingerprint density at radius 3 is 2.49 bits per heavy atom. The molecule has 0 atom stereocenters. The zero-order valence-corrected chi connectivity index (χ0v) is 25.5. The smallest absolute Gasteiger partial charge is 0.248 e. The first-order valence-electron chi connectivity index (χ1n) is 15.5. The fraction of sp³-hybridized carbons (Fsp3) is 0.412. The molecule has 0 aliphatic carbocycles. The maximum Gasteiger partial charge on any atom is 0.248 e. The number of nitrogens with one attached hydrogen (secondary N) is 2. The highest BCUT2D eigenvalue weighted by molar-refractivity contribution is 6.14. The van der Waals surface area contributed by atoms with Crippen LogP contribution in [-0.2, 0) is 9.53 Å². The fourth-order valence-electron chi connectivity index (χ4n) is 6.23. The van der Waals surface area contributed by atoms with E-state index in [2.05, 4.69) is 50.4 Å². The standard InChI is InChI=1S/C34H39N7O4/c1-2-37-33(24-5-8-31(25(17-24)19-35)45-28-9-11-41(12-10-28)32(43)20-42)29-18-30(38-34(29)36)23-3-6-26(7-4-23)39-13-15-40(16-14-39)27-21-44-22-27/h2-8,17-18,27-28,42H,9-16,20-22H2,1H3,(H2,36,38)/b33-29-,37-2-. The SMILES string of the molecule is C/C=N\C(=C1\C=C(c2ccc(N3CCN(C4COC4)CC3)cc2)NC1=N)c1ccc(OC2CCN(C(=O)CO)CC2)c(C#N)c1. The van der Waals surface area contributed by atoms with Crippen molar-refractivity contribution >= 4 is 35.0 Å². The lowest BCUT2D eigenvalue weighted by molar-refractivity contribution is -0.135. The summed E-state index contributed by atoms with van der Waals surface area (Å²) in [5, 5.41) is 31.0. The molecular weight excluding hydrogens is 570 g/mol. The van der Waals surface area contributed by atoms with Gasteiger partial charge in [0.05, 0.1) is 30.5 Å². The van der Waals surface area contributed by atoms with Gasteiger partial charge in [-0.3, -0.25) is 20.1 Å². The highest BCUT2D eigenvalue weighted by Crippen LogP contribution is 2.32. The molecule has 4 aliphatic heterocycles. The van der Waals surface area contributed by atoms with Crippen LogP contribution in [0.1, 0.15) is 36.5 Å². The van der Waals surface area contributed by atoms with Gasteiger partial charge >= 0.3 is 0 Å². The summed E-state index contributed by atoms with van der Waals surface area (Å²) in [5.41, 5.74) is 5.33. The van der Waals surface area contributed by atoms with E-state index in [-0.39, 0.29) is 17.8 Å². The number of likely N-dealkylation sites (tertiary alicyclic amines) is 1. The van der Waals surface area contributed by atoms with Gasteiger partial charge in [0.15, 0.2) is 0 Å². The van der Waals surface area contributed by atoms with E-state index in [4.69, 9.17) is 20.0 Å². The maximum atomic E-state index is 11.8. The predicted molar refractivity (Wildman–Crippen MR) is 173 cm³/mol. The number of anilines is 1. The molecule has 4 aliphatic rings. The number of amidine groups is 1. The Morgan fingerprint density at radius 1 is 1.13 bits per heavy atom. The van der Waals surface area contributed by atoms with E-state index >= 15 is 0 Å². The van der Waals surface area contributed by atoms with E-state index in [1.165, 1.54) is 5.69 Å². The van der Waals surface area contributed by atoms with E-state index in [0.29, 0.717) is 60.1 Å². The number of piperidine rings is 1. The van der Waals surface area contributed by atoms with Gasteiger partial charge in [-0.25, -0.2) is 0 Å². The van der Waals surface area contributed by atoms with Gasteiger partial charge < -0.3 is 29.7 Å². The van der Waals surface area contributed by atoms with Crippen LogP contribution in [0.5, 0.6) is 5.75 Å². The third kappa shape index (κ3) is 6.63. The van der Waals surface area contributed by atoms with Gasteiger partial charge in [0.1, 0.15) is 30.4 Å². The molecule has 3 fully saturated rings. The van der Waals surface area contributed by atoms with Crippen LogP contribution < -0.4 is 15.0 Å². The molecule has 0 unspecified atom stereocenters. The molecular formula is C34H39N7O4. The molecule has 2 aromatic carbocycles. The predicted octanol–water partition coefficient (Wildman–Crippen LogP) is 2.86. The van der Waals surface area contributed by atoms with E-state index in [9.17, 15) is 10.1 Å². The molecule has 4 heterocycles. The Balaban J connectivity index is 1.17. The van der Waals surface area contributed by atoms with Gasteiger partial charge in [-0.2, -0.15) is 5.26 Å². The van der Waals surface area contributed by atoms with E-state index in [1.54, 1.807) is 23.2 Å². The average Bonchev–Trinajstić information content (AvgIpc) is 3.44. The molecule has 11 heteroatoms. The second-order valence-electron chi connectivity index (χ2n) is 11.6. The van der Waals surface area contributed by atoms with Crippen LogP contribution in [0.4, 0.5) is 5.69 Å². The second kappa shape index (κ2) is 13.6. The van der Waals surface area contributed by atoms with Crippen molar-refractivity contribution in [2.45, 2.75) is 31.9 Å². The molecule has 0 radical (unpaired) electrons. The summed E-state index contributed by atoms with van der Waals surface area (Å²) < 4.78 is 11.5. The largest absolute Gasteiger partial charge is 0.489 e. The Labute approximate surface area is 263 Å². The third-order valence-electron chi connectivity index (χ3n) is 8.92. The van der Waals surface area contributed by atoms with Crippen molar-refractivity contribution in [3.05, 3.63) is 70.8 Å². The number of piperazine rings is 1. The van der Waals surface area contributed by atoms with Gasteiger partial charge in [-0.1, -0.05) is 12.1 Å². The van der Waals surface area contributed by atoms with E-state index < -0.39 is 6.61 Å². The summed E-state index contributed by atoms with van der Waals surface area (Å²) in [6, 6.07) is 16.7. The molecule has 3 saturated heterocycles. The minimum absolute atomic E-state index is 0.131. The molecule has 6 rings (SSSR count). The number of amides is 1. The number of benzene rings is 2. The van der Waals surface area contributed by atoms with Crippen molar-refractivity contribution in [2.75, 3.05) is 64.0 Å². The Kier molecular flexibility index (Phi) is 9.26. The van der Waals surface area contributed by atoms with E-state index in [0.717, 1.165) is 50.7 Å². The number of aliphatic imine (C=N–C) groups is 1. The summed E-state index contributed by atoms with van der Waals surface area (Å²) >= 11 is 0. The number of hydrogen-bond donors (Lipinski definition) is 3. The zero-order chi connectivity index (χ0) is 31.3. The minimum Gasteiger partial charge on any atom is -0.489 e. The summed E-state index contributed by atoms with van der Waals surface area (Å²) in [6.45, 7) is 8.12. The molecule has 0 bridgehead atoms. The van der Waals surface area contributed by atoms with Crippen molar-refractivity contribution < 1.29 is 19.4 Å². The highest BCUT2D eigenvalue weighted by atomic mass is 16.5. The van der Waals surface area contributed by atoms with Gasteiger partial charge in [0, 0.05) is 80.8 Å². The average molecular weight is 610 g/mol. The first kappa shape index (κ1) is 30.5. The molecule has 0 saturated carbocycles. The maximum absolute atomic E-state index is 11.8. The third-order valence-corrected chi connectivity index (χ3v) is 8.92. The fourth-order valence-corrected chi connectivity index (χ4v) is 6.23. The van der Waals surface area contributed by atoms with Gasteiger partial charge in [0.2, 0.25) is 5.91 Å². The lowest BCUT2D eigenvalue weighted by Crippen LogP contribution is -2.56. The lowest BCUT2D eigenvalue weighted by Gasteiger charge is -2.43. The molecule has 11 nitrogen and oxygen atoms in total. The minimum atomic E-state index is -0.491. The number of rotatable bonds is 8. The van der Waals surface area contributed by atoms with Crippen molar-refractivity contribution in [3.63, 3.8) is 0 Å². The molecule has 0 spiro atoms. The van der Waals surface area contributed by atoms with E-state index in [1.807, 2.05) is 19.1 Å². The zero-order valence-electron chi connectivity index (χ0n) is 25.5. The first-order valence-corrected chi connectivity index (χ1v) is 15.5. The van der Waals surface area contributed by atoms with Crippen molar-refractivity contribution in [3.8, 4) is 11.8 Å². The number of aliphatic hydroxyl groups is 1. The Hall–Kier alpha value is -4.50. The molecule has 234 valence electrons. The summed E-state index contributed by atoms with van der Waals surface area (Å²) in [5.74, 6) is 0.444. The number of nitriles is 1. The van der Waals surface area contributed by atoms with Crippen LogP contribution in [-0.4, -0.2) is 104 Å². The van der Waals surface area contributed by atoms with Crippen LogP contribution in [0.3, 0.4) is 0 Å². The van der Waals surface area contributed by atoms with Gasteiger partial charge in [-0.15, -0.1) is 0 Å². The number of ether oxygens (including phenoxy) is 2. The van der Waals surface area contributed by atoms with Gasteiger partial charge in [-0.05, 0) is 48.9 Å². The second-order valence-corrected chi connectivity index (χ2v) is 11.6. The first-order chi connectivity index (χ1) is 22.0. The van der Waals surface area contributed by atoms with Crippen molar-refractivity contribution in [1.82, 2.24) is 15.1 Å². The van der Waals surface area contributed by atoms with Crippen molar-refractivity contribution in [2.24, 2.45) is 4.99 Å². The van der Waals surface area contributed by atoms with Crippen molar-refractivity contribution in [1.29, 1.82) is 10.7 Å². The molecule has 0 aromatic heterocycles. The quantitative estimate of drug-likeness (QED) is 0.389. The highest BCUT2D eigenvalue weighted by Gasteiger charge is 2.29. The Morgan fingerprint density at radius 2 is 1.87 bits per heavy atom. The topological polar surface area (TPSA) is 138 Å². The summed E-state index contributed by atoms with van der Waals surface area (Å²) in [6.07, 6.45) is 4.74. The summed E-state index contributed by atoms with van der Waals surface area (Å²) in [7, 11) is 0. The molecule has 45 heavy (non-hydrogen) atoms. The monoisotopic (exact) mass is 609 g/mol. The molecule has 1 amide bonds. The lowest BCUT2D eigenvalue weighted by atomic mass is 10.0. The van der Waals surface area contributed by atoms with Crippen LogP contribution in [0.25, 0.3) is 11.4 Å².